The third-order valence-electron chi connectivity index (χ3n) is 4.17. The van der Waals surface area contributed by atoms with Crippen LogP contribution in [0.5, 0.6) is 5.75 Å². The van der Waals surface area contributed by atoms with Gasteiger partial charge in [0.2, 0.25) is 0 Å². The zero-order valence-electron chi connectivity index (χ0n) is 17.0. The summed E-state index contributed by atoms with van der Waals surface area (Å²) in [4.78, 5) is 12.6. The lowest BCUT2D eigenvalue weighted by atomic mass is 9.78. The van der Waals surface area contributed by atoms with E-state index in [2.05, 4.69) is 0 Å². The first kappa shape index (κ1) is 22.6. The van der Waals surface area contributed by atoms with Gasteiger partial charge < -0.3 is 14.2 Å². The van der Waals surface area contributed by atoms with Crippen molar-refractivity contribution >= 4 is 13.4 Å². The quantitative estimate of drug-likeness (QED) is 0.415. The number of ketones is 1. The van der Waals surface area contributed by atoms with Crippen LogP contribution in [0.4, 0.5) is 0 Å². The van der Waals surface area contributed by atoms with Crippen molar-refractivity contribution in [2.45, 2.75) is 52.4 Å². The monoisotopic (exact) mass is 382 g/mol. The largest absolute Gasteiger partial charge is 0.507 e. The molecule has 0 bridgehead atoms. The number of hydrogen-bond acceptors (Lipinski definition) is 5. The second kappa shape index (κ2) is 8.08. The number of phenols is 1. The first-order valence-corrected chi connectivity index (χ1v) is 10.3. The van der Waals surface area contributed by atoms with Gasteiger partial charge in [-0.15, -0.1) is 0 Å². The molecule has 0 amide bonds. The van der Waals surface area contributed by atoms with Crippen LogP contribution in [0.2, 0.25) is 0 Å². The zero-order chi connectivity index (χ0) is 20.3. The van der Waals surface area contributed by atoms with Crippen LogP contribution in [0.3, 0.4) is 0 Å². The Morgan fingerprint density at radius 2 is 1.46 bits per heavy atom. The molecule has 0 saturated heterocycles. The van der Waals surface area contributed by atoms with Crippen molar-refractivity contribution < 1.29 is 23.5 Å². The van der Waals surface area contributed by atoms with E-state index in [0.717, 1.165) is 11.1 Å². The van der Waals surface area contributed by atoms with E-state index in [-0.39, 0.29) is 28.5 Å². The van der Waals surface area contributed by atoms with E-state index < -0.39 is 7.60 Å². The summed E-state index contributed by atoms with van der Waals surface area (Å²) in [5, 5.41) is 10.7. The number of carbonyl (C=O) groups excluding carboxylic acids is 1. The maximum Gasteiger partial charge on any atom is 0.333 e. The molecule has 0 saturated carbocycles. The number of rotatable bonds is 6. The Hall–Kier alpha value is -1.42. The summed E-state index contributed by atoms with van der Waals surface area (Å²) >= 11 is 0. The lowest BCUT2D eigenvalue weighted by molar-refractivity contribution is 0.104. The molecule has 0 aliphatic carbocycles. The Bertz CT molecular complexity index is 693. The highest BCUT2D eigenvalue weighted by Crippen LogP contribution is 2.46. The van der Waals surface area contributed by atoms with Crippen molar-refractivity contribution in [3.05, 3.63) is 41.0 Å². The van der Waals surface area contributed by atoms with Gasteiger partial charge in [-0.25, -0.2) is 0 Å². The number of phenolic OH excluding ortho intramolecular Hbond substituents is 1. The topological polar surface area (TPSA) is 72.8 Å². The smallest absolute Gasteiger partial charge is 0.333 e. The molecule has 5 nitrogen and oxygen atoms in total. The third kappa shape index (κ3) is 5.54. The first-order chi connectivity index (χ1) is 11.7. The molecular weight excluding hydrogens is 351 g/mol. The van der Waals surface area contributed by atoms with Crippen molar-refractivity contribution in [3.63, 3.8) is 0 Å². The highest BCUT2D eigenvalue weighted by atomic mass is 31.2. The number of aromatic hydroxyl groups is 1. The van der Waals surface area contributed by atoms with Crippen LogP contribution in [0.25, 0.3) is 0 Å². The molecule has 146 valence electrons. The predicted octanol–water partition coefficient (Wildman–Crippen LogP) is 5.21. The fourth-order valence-corrected chi connectivity index (χ4v) is 3.34. The number of benzene rings is 1. The second-order valence-corrected chi connectivity index (χ2v) is 10.7. The normalized spacial score (nSPS) is 13.4. The van der Waals surface area contributed by atoms with E-state index in [1.54, 1.807) is 12.1 Å². The van der Waals surface area contributed by atoms with Crippen LogP contribution in [-0.4, -0.2) is 31.3 Å². The zero-order valence-corrected chi connectivity index (χ0v) is 17.9. The standard InChI is InChI=1S/C20H31O5P/c1-19(2,3)15-12-14(13-16(18(15)22)20(4,5)6)17(21)10-9-11-26(23,24-7)25-8/h9-10,12-13,22H,11H2,1-8H3/b10-9+. The summed E-state index contributed by atoms with van der Waals surface area (Å²) in [7, 11) is -0.567. The molecule has 1 aromatic rings. The lowest BCUT2D eigenvalue weighted by Crippen LogP contribution is -2.18. The summed E-state index contributed by atoms with van der Waals surface area (Å²) in [5.41, 5.74) is 1.30. The van der Waals surface area contributed by atoms with Gasteiger partial charge in [-0.2, -0.15) is 0 Å². The SMILES string of the molecule is COP(=O)(C/C=C/C(=O)c1cc(C(C)(C)C)c(O)c(C(C)(C)C)c1)OC. The fraction of sp³-hybridized carbons (Fsp3) is 0.550. The van der Waals surface area contributed by atoms with E-state index in [4.69, 9.17) is 9.05 Å². The Morgan fingerprint density at radius 3 is 1.81 bits per heavy atom. The van der Waals surface area contributed by atoms with Gasteiger partial charge in [-0.05, 0) is 29.0 Å². The molecule has 0 atom stereocenters. The molecule has 1 N–H and O–H groups in total. The highest BCUT2D eigenvalue weighted by Gasteiger charge is 2.27. The first-order valence-electron chi connectivity index (χ1n) is 8.54. The van der Waals surface area contributed by atoms with Gasteiger partial charge >= 0.3 is 7.60 Å². The van der Waals surface area contributed by atoms with Crippen molar-refractivity contribution in [1.29, 1.82) is 0 Å². The molecule has 0 radical (unpaired) electrons. The average molecular weight is 382 g/mol. The Morgan fingerprint density at radius 1 is 1.04 bits per heavy atom. The molecule has 1 aromatic carbocycles. The molecule has 6 heteroatoms. The molecule has 0 aromatic heterocycles. The van der Waals surface area contributed by atoms with Crippen LogP contribution in [0.1, 0.15) is 63.0 Å². The van der Waals surface area contributed by atoms with Crippen molar-refractivity contribution in [2.75, 3.05) is 20.4 Å². The molecular formula is C20H31O5P. The van der Waals surface area contributed by atoms with Gasteiger partial charge in [-0.3, -0.25) is 9.36 Å². The van der Waals surface area contributed by atoms with Crippen molar-refractivity contribution in [3.8, 4) is 5.75 Å². The second-order valence-electron chi connectivity index (χ2n) is 8.35. The van der Waals surface area contributed by atoms with Gasteiger partial charge in [0, 0.05) is 30.9 Å². The minimum absolute atomic E-state index is 0.0160. The van der Waals surface area contributed by atoms with Crippen LogP contribution in [0, 0.1) is 0 Å². The summed E-state index contributed by atoms with van der Waals surface area (Å²) < 4.78 is 21.8. The van der Waals surface area contributed by atoms with Gasteiger partial charge in [0.05, 0.1) is 6.16 Å². The maximum atomic E-state index is 12.6. The van der Waals surface area contributed by atoms with E-state index in [0.29, 0.717) is 5.56 Å². The van der Waals surface area contributed by atoms with Crippen molar-refractivity contribution in [1.82, 2.24) is 0 Å². The maximum absolute atomic E-state index is 12.6. The van der Waals surface area contributed by atoms with E-state index in [1.807, 2.05) is 41.5 Å². The van der Waals surface area contributed by atoms with Crippen LogP contribution in [-0.2, 0) is 24.4 Å². The highest BCUT2D eigenvalue weighted by molar-refractivity contribution is 7.54. The fourth-order valence-electron chi connectivity index (χ4n) is 2.53. The number of allylic oxidation sites excluding steroid dienone is 2. The summed E-state index contributed by atoms with van der Waals surface area (Å²) in [6, 6.07) is 3.45. The van der Waals surface area contributed by atoms with Crippen LogP contribution >= 0.6 is 7.60 Å². The lowest BCUT2D eigenvalue weighted by Gasteiger charge is -2.27. The summed E-state index contributed by atoms with van der Waals surface area (Å²) in [6.07, 6.45) is 2.88. The van der Waals surface area contributed by atoms with E-state index in [9.17, 15) is 14.5 Å². The molecule has 0 heterocycles. The van der Waals surface area contributed by atoms with E-state index in [1.165, 1.54) is 26.4 Å². The van der Waals surface area contributed by atoms with E-state index >= 15 is 0 Å². The third-order valence-corrected chi connectivity index (χ3v) is 5.94. The number of hydrogen-bond donors (Lipinski definition) is 1. The molecule has 0 fully saturated rings. The van der Waals surface area contributed by atoms with Gasteiger partial charge in [-0.1, -0.05) is 47.6 Å². The molecule has 26 heavy (non-hydrogen) atoms. The summed E-state index contributed by atoms with van der Waals surface area (Å²) in [6.45, 7) is 12.0. The number of carbonyl (C=O) groups is 1. The molecule has 1 rings (SSSR count). The Balaban J connectivity index is 3.32. The van der Waals surface area contributed by atoms with Crippen LogP contribution < -0.4 is 0 Å². The summed E-state index contributed by atoms with van der Waals surface area (Å²) in [5.74, 6) is 0.00792. The molecule has 0 unspecified atom stereocenters. The minimum Gasteiger partial charge on any atom is -0.507 e. The van der Waals surface area contributed by atoms with Gasteiger partial charge in [0.15, 0.2) is 5.78 Å². The van der Waals surface area contributed by atoms with Crippen LogP contribution in [0.15, 0.2) is 24.3 Å². The Labute approximate surface area is 156 Å². The predicted molar refractivity (Wildman–Crippen MR) is 105 cm³/mol. The van der Waals surface area contributed by atoms with Gasteiger partial charge in [0.25, 0.3) is 0 Å². The van der Waals surface area contributed by atoms with Gasteiger partial charge in [0.1, 0.15) is 5.75 Å². The average Bonchev–Trinajstić information content (AvgIpc) is 2.52. The van der Waals surface area contributed by atoms with Crippen molar-refractivity contribution in [2.24, 2.45) is 0 Å². The minimum atomic E-state index is -3.19. The molecule has 0 aliphatic heterocycles. The molecule has 0 spiro atoms. The Kier molecular flexibility index (Phi) is 7.03. The molecule has 0 aliphatic rings.